The monoisotopic (exact) mass is 159 g/mol. The fourth-order valence-electron chi connectivity index (χ4n) is 0.154. The molecule has 0 spiro atoms. The lowest BCUT2D eigenvalue weighted by Crippen LogP contribution is -2.22. The van der Waals surface area contributed by atoms with Crippen LogP contribution in [0.1, 0.15) is 0 Å². The molecule has 0 saturated heterocycles. The lowest BCUT2D eigenvalue weighted by atomic mass is 10.7. The highest BCUT2D eigenvalue weighted by atomic mass is 35.5. The Bertz CT molecular complexity index is 68.3. The largest absolute Gasteiger partial charge is 0.465 e. The van der Waals surface area contributed by atoms with Crippen molar-refractivity contribution in [3.05, 3.63) is 0 Å². The van der Waals surface area contributed by atoms with Gasteiger partial charge >= 0.3 is 6.09 Å². The molecule has 0 aromatic carbocycles. The summed E-state index contributed by atoms with van der Waals surface area (Å²) < 4.78 is 0. The normalized spacial score (nSPS) is 7.12. The molecule has 0 aliphatic heterocycles. The van der Waals surface area contributed by atoms with Gasteiger partial charge in [-0.3, -0.25) is 0 Å². The van der Waals surface area contributed by atoms with Crippen LogP contribution in [0.2, 0.25) is 0 Å². The van der Waals surface area contributed by atoms with Crippen LogP contribution in [0.15, 0.2) is 0 Å². The standard InChI is InChI=1S/C3H6ClNO2.ClH/c4-1-2-5-3(6)7;/h5H,1-2H2,(H,6,7);1H. The van der Waals surface area contributed by atoms with E-state index in [0.717, 1.165) is 0 Å². The van der Waals surface area contributed by atoms with E-state index >= 15 is 0 Å². The second-order valence-corrected chi connectivity index (χ2v) is 1.30. The molecular weight excluding hydrogens is 153 g/mol. The Hall–Kier alpha value is -0.150. The van der Waals surface area contributed by atoms with Crippen LogP contribution in [0.25, 0.3) is 0 Å². The summed E-state index contributed by atoms with van der Waals surface area (Å²) in [6, 6.07) is 0. The van der Waals surface area contributed by atoms with Crippen molar-refractivity contribution in [2.45, 2.75) is 0 Å². The van der Waals surface area contributed by atoms with Gasteiger partial charge in [0.25, 0.3) is 0 Å². The third-order valence-corrected chi connectivity index (χ3v) is 0.560. The molecule has 2 N–H and O–H groups in total. The summed E-state index contributed by atoms with van der Waals surface area (Å²) in [4.78, 5) is 9.59. The van der Waals surface area contributed by atoms with Crippen LogP contribution in [-0.4, -0.2) is 23.6 Å². The molecule has 0 aromatic rings. The molecule has 0 radical (unpaired) electrons. The van der Waals surface area contributed by atoms with E-state index in [1.165, 1.54) is 0 Å². The minimum Gasteiger partial charge on any atom is -0.465 e. The van der Waals surface area contributed by atoms with Gasteiger partial charge in [-0.2, -0.15) is 0 Å². The smallest absolute Gasteiger partial charge is 0.404 e. The molecule has 0 atom stereocenters. The van der Waals surface area contributed by atoms with Crippen molar-refractivity contribution in [2.24, 2.45) is 0 Å². The highest BCUT2D eigenvalue weighted by Crippen LogP contribution is 1.68. The first-order valence-corrected chi connectivity index (χ1v) is 2.33. The molecule has 0 saturated carbocycles. The predicted octanol–water partition coefficient (Wildman–Crippen LogP) is 0.915. The maximum absolute atomic E-state index is 9.59. The summed E-state index contributed by atoms with van der Waals surface area (Å²) in [6.45, 7) is 0.316. The van der Waals surface area contributed by atoms with Gasteiger partial charge in [0.1, 0.15) is 0 Å². The zero-order valence-electron chi connectivity index (χ0n) is 4.06. The topological polar surface area (TPSA) is 49.3 Å². The molecule has 1 amide bonds. The van der Waals surface area contributed by atoms with E-state index in [-0.39, 0.29) is 12.4 Å². The van der Waals surface area contributed by atoms with Gasteiger partial charge in [-0.25, -0.2) is 4.79 Å². The highest BCUT2D eigenvalue weighted by Gasteiger charge is 1.87. The molecule has 0 rings (SSSR count). The zero-order chi connectivity index (χ0) is 5.70. The van der Waals surface area contributed by atoms with Crippen molar-refractivity contribution in [1.82, 2.24) is 5.32 Å². The maximum Gasteiger partial charge on any atom is 0.404 e. The number of alkyl halides is 1. The Morgan fingerprint density at radius 3 is 2.38 bits per heavy atom. The number of halogens is 2. The Morgan fingerprint density at radius 1 is 1.75 bits per heavy atom. The molecular formula is C3H7Cl2NO2. The van der Waals surface area contributed by atoms with Crippen LogP contribution in [0.4, 0.5) is 4.79 Å². The summed E-state index contributed by atoms with van der Waals surface area (Å²) >= 11 is 5.12. The van der Waals surface area contributed by atoms with E-state index in [1.807, 2.05) is 0 Å². The zero-order valence-corrected chi connectivity index (χ0v) is 5.63. The van der Waals surface area contributed by atoms with E-state index in [1.54, 1.807) is 0 Å². The first-order chi connectivity index (χ1) is 3.27. The van der Waals surface area contributed by atoms with Gasteiger partial charge in [-0.15, -0.1) is 24.0 Å². The van der Waals surface area contributed by atoms with Crippen LogP contribution >= 0.6 is 24.0 Å². The molecule has 0 aliphatic carbocycles. The Labute approximate surface area is 58.4 Å². The minimum absolute atomic E-state index is 0. The van der Waals surface area contributed by atoms with Crippen molar-refractivity contribution in [2.75, 3.05) is 12.4 Å². The molecule has 0 heterocycles. The molecule has 0 fully saturated rings. The van der Waals surface area contributed by atoms with Crippen molar-refractivity contribution in [3.63, 3.8) is 0 Å². The summed E-state index contributed by atoms with van der Waals surface area (Å²) in [5.41, 5.74) is 0. The molecule has 5 heteroatoms. The van der Waals surface area contributed by atoms with Crippen molar-refractivity contribution >= 4 is 30.1 Å². The third-order valence-electron chi connectivity index (χ3n) is 0.371. The first-order valence-electron chi connectivity index (χ1n) is 1.80. The van der Waals surface area contributed by atoms with Gasteiger partial charge < -0.3 is 10.4 Å². The Morgan fingerprint density at radius 2 is 2.25 bits per heavy atom. The number of carbonyl (C=O) groups is 1. The lowest BCUT2D eigenvalue weighted by molar-refractivity contribution is 0.195. The predicted molar refractivity (Wildman–Crippen MR) is 34.0 cm³/mol. The fraction of sp³-hybridized carbons (Fsp3) is 0.667. The Balaban J connectivity index is 0. The number of hydrogen-bond donors (Lipinski definition) is 2. The van der Waals surface area contributed by atoms with Gasteiger partial charge in [0.2, 0.25) is 0 Å². The average Bonchev–Trinajstić information content (AvgIpc) is 1.61. The van der Waals surface area contributed by atoms with E-state index in [4.69, 9.17) is 16.7 Å². The summed E-state index contributed by atoms with van der Waals surface area (Å²) in [6.07, 6.45) is -1.03. The molecule has 0 aliphatic rings. The second-order valence-electron chi connectivity index (χ2n) is 0.921. The number of rotatable bonds is 2. The maximum atomic E-state index is 9.59. The molecule has 50 valence electrons. The van der Waals surface area contributed by atoms with Crippen LogP contribution in [0.3, 0.4) is 0 Å². The number of nitrogens with one attached hydrogen (secondary N) is 1. The van der Waals surface area contributed by atoms with Gasteiger partial charge in [0.05, 0.1) is 0 Å². The molecule has 0 bridgehead atoms. The summed E-state index contributed by atoms with van der Waals surface area (Å²) in [7, 11) is 0. The van der Waals surface area contributed by atoms with Gasteiger partial charge in [0.15, 0.2) is 0 Å². The lowest BCUT2D eigenvalue weighted by Gasteiger charge is -1.90. The van der Waals surface area contributed by atoms with E-state index in [0.29, 0.717) is 12.4 Å². The molecule has 0 aromatic heterocycles. The minimum atomic E-state index is -1.03. The van der Waals surface area contributed by atoms with Gasteiger partial charge in [-0.05, 0) is 0 Å². The summed E-state index contributed by atoms with van der Waals surface area (Å²) in [5, 5.41) is 9.95. The van der Waals surface area contributed by atoms with Gasteiger partial charge in [0, 0.05) is 12.4 Å². The van der Waals surface area contributed by atoms with Crippen molar-refractivity contribution in [1.29, 1.82) is 0 Å². The van der Waals surface area contributed by atoms with Crippen LogP contribution in [0.5, 0.6) is 0 Å². The molecule has 3 nitrogen and oxygen atoms in total. The molecule has 8 heavy (non-hydrogen) atoms. The highest BCUT2D eigenvalue weighted by molar-refractivity contribution is 6.18. The van der Waals surface area contributed by atoms with Crippen LogP contribution in [0, 0.1) is 0 Å². The van der Waals surface area contributed by atoms with Crippen LogP contribution < -0.4 is 5.32 Å². The van der Waals surface area contributed by atoms with Gasteiger partial charge in [-0.1, -0.05) is 0 Å². The molecule has 0 unspecified atom stereocenters. The number of carboxylic acid groups (broad SMARTS) is 1. The van der Waals surface area contributed by atoms with E-state index in [9.17, 15) is 4.79 Å². The summed E-state index contributed by atoms with van der Waals surface area (Å²) in [5.74, 6) is 0.326. The quantitative estimate of drug-likeness (QED) is 0.590. The van der Waals surface area contributed by atoms with Crippen molar-refractivity contribution < 1.29 is 9.90 Å². The first kappa shape index (κ1) is 10.8. The third kappa shape index (κ3) is 9.28. The Kier molecular flexibility index (Phi) is 9.22. The SMILES string of the molecule is Cl.O=C(O)NCCCl. The van der Waals surface area contributed by atoms with E-state index < -0.39 is 6.09 Å². The average molecular weight is 160 g/mol. The second kappa shape index (κ2) is 6.85. The van der Waals surface area contributed by atoms with E-state index in [2.05, 4.69) is 5.32 Å². The number of hydrogen-bond acceptors (Lipinski definition) is 1. The van der Waals surface area contributed by atoms with Crippen molar-refractivity contribution in [3.8, 4) is 0 Å². The number of amides is 1. The fourth-order valence-corrected chi connectivity index (χ4v) is 0.249. The van der Waals surface area contributed by atoms with Crippen LogP contribution in [-0.2, 0) is 0 Å².